The van der Waals surface area contributed by atoms with Crippen molar-refractivity contribution in [1.29, 1.82) is 0 Å². The van der Waals surface area contributed by atoms with E-state index in [0.717, 1.165) is 38.5 Å². The van der Waals surface area contributed by atoms with Crippen molar-refractivity contribution in [3.63, 3.8) is 0 Å². The Bertz CT molecular complexity index is 720. The number of hydrogen-bond acceptors (Lipinski definition) is 6. The van der Waals surface area contributed by atoms with Gasteiger partial charge in [0.05, 0.1) is 0 Å². The average Bonchev–Trinajstić information content (AvgIpc) is 3.22. The molecule has 0 unspecified atom stereocenters. The van der Waals surface area contributed by atoms with Crippen LogP contribution in [0.2, 0.25) is 0 Å². The number of carboxylic acid groups (broad SMARTS) is 3. The molecule has 0 radical (unpaired) electrons. The average molecular weight is 895 g/mol. The molecule has 62 heavy (non-hydrogen) atoms. The first kappa shape index (κ1) is 69.9. The fourth-order valence-corrected chi connectivity index (χ4v) is 7.93. The van der Waals surface area contributed by atoms with Crippen molar-refractivity contribution in [2.45, 2.75) is 329 Å². The summed E-state index contributed by atoms with van der Waals surface area (Å²) in [5.41, 5.74) is 0. The predicted molar refractivity (Wildman–Crippen MR) is 264 cm³/mol. The quantitative estimate of drug-likeness (QED) is 0.0472. The third-order valence-electron chi connectivity index (χ3n) is 12.0. The molecule has 0 aromatic heterocycles. The SMILES string of the molecule is CCCCCCCCCCCCCCCCCC(=O)O.CCCCCCCCCCCCCCCCCC(=O)[O-].CCCCCCCCCCCCCCCCCC(=O)[O-].[Al+3].[OH-]. The van der Waals surface area contributed by atoms with Crippen LogP contribution in [-0.2, 0) is 14.4 Å². The van der Waals surface area contributed by atoms with Crippen LogP contribution in [0, 0.1) is 0 Å². The predicted octanol–water partition coefficient (Wildman–Crippen LogP) is 15.8. The molecule has 2 N–H and O–H groups in total. The summed E-state index contributed by atoms with van der Waals surface area (Å²) in [7, 11) is 0. The second-order valence-corrected chi connectivity index (χ2v) is 18.2. The Kier molecular flexibility index (Phi) is 75.0. The van der Waals surface area contributed by atoms with Crippen molar-refractivity contribution in [3.05, 3.63) is 0 Å². The molecular weight excluding hydrogens is 788 g/mol. The minimum absolute atomic E-state index is 0. The van der Waals surface area contributed by atoms with Crippen LogP contribution in [-0.4, -0.2) is 45.9 Å². The molecule has 7 nitrogen and oxygen atoms in total. The first-order valence-corrected chi connectivity index (χ1v) is 26.9. The van der Waals surface area contributed by atoms with Gasteiger partial charge >= 0.3 is 23.3 Å². The number of carbonyl (C=O) groups is 3. The van der Waals surface area contributed by atoms with Crippen LogP contribution in [0.3, 0.4) is 0 Å². The molecular formula is C54H107AlO7. The number of hydrogen-bond donors (Lipinski definition) is 1. The molecule has 0 heterocycles. The Balaban J connectivity index is -0.000000258. The summed E-state index contributed by atoms with van der Waals surface area (Å²) in [6, 6.07) is 0. The van der Waals surface area contributed by atoms with Gasteiger partial charge in [-0.25, -0.2) is 0 Å². The normalized spacial score (nSPS) is 10.5. The van der Waals surface area contributed by atoms with Gasteiger partial charge in [0, 0.05) is 18.4 Å². The molecule has 0 saturated heterocycles. The van der Waals surface area contributed by atoms with Gasteiger partial charge in [-0.15, -0.1) is 0 Å². The van der Waals surface area contributed by atoms with Crippen LogP contribution in [0.1, 0.15) is 329 Å². The summed E-state index contributed by atoms with van der Waals surface area (Å²) in [5, 5.41) is 29.0. The Hall–Kier alpha value is -1.10. The van der Waals surface area contributed by atoms with E-state index in [4.69, 9.17) is 5.11 Å². The van der Waals surface area contributed by atoms with E-state index in [0.29, 0.717) is 6.42 Å². The largest absolute Gasteiger partial charge is 3.00 e. The van der Waals surface area contributed by atoms with Gasteiger partial charge in [0.1, 0.15) is 0 Å². The first-order chi connectivity index (χ1) is 29.3. The first-order valence-electron chi connectivity index (χ1n) is 26.9. The third kappa shape index (κ3) is 79.3. The zero-order chi connectivity index (χ0) is 44.7. The van der Waals surface area contributed by atoms with E-state index in [1.54, 1.807) is 0 Å². The van der Waals surface area contributed by atoms with E-state index in [1.807, 2.05) is 0 Å². The van der Waals surface area contributed by atoms with Crippen molar-refractivity contribution in [2.75, 3.05) is 0 Å². The molecule has 0 aliphatic carbocycles. The zero-order valence-corrected chi connectivity index (χ0v) is 43.1. The van der Waals surface area contributed by atoms with Gasteiger partial charge in [-0.3, -0.25) is 4.79 Å². The van der Waals surface area contributed by atoms with E-state index in [1.165, 1.54) is 250 Å². The van der Waals surface area contributed by atoms with E-state index >= 15 is 0 Å². The van der Waals surface area contributed by atoms with Crippen LogP contribution in [0.5, 0.6) is 0 Å². The Morgan fingerprint density at radius 3 is 0.532 bits per heavy atom. The van der Waals surface area contributed by atoms with E-state index in [-0.39, 0.29) is 35.7 Å². The molecule has 0 aromatic rings. The monoisotopic (exact) mass is 895 g/mol. The smallest absolute Gasteiger partial charge is 0.870 e. The second-order valence-electron chi connectivity index (χ2n) is 18.2. The minimum Gasteiger partial charge on any atom is -0.870 e. The summed E-state index contributed by atoms with van der Waals surface area (Å²) in [6.45, 7) is 6.80. The Morgan fingerprint density at radius 1 is 0.274 bits per heavy atom. The summed E-state index contributed by atoms with van der Waals surface area (Å²) in [4.78, 5) is 30.8. The number of aliphatic carboxylic acids is 3. The molecule has 368 valence electrons. The fraction of sp³-hybridized carbons (Fsp3) is 0.944. The van der Waals surface area contributed by atoms with Crippen molar-refractivity contribution in [1.82, 2.24) is 0 Å². The minimum atomic E-state index is -0.903. The van der Waals surface area contributed by atoms with Gasteiger partial charge in [-0.05, 0) is 32.1 Å². The van der Waals surface area contributed by atoms with Crippen molar-refractivity contribution >= 4 is 35.3 Å². The van der Waals surface area contributed by atoms with Gasteiger partial charge in [0.2, 0.25) is 0 Å². The molecule has 0 aliphatic rings. The van der Waals surface area contributed by atoms with Crippen LogP contribution in [0.15, 0.2) is 0 Å². The van der Waals surface area contributed by atoms with Gasteiger partial charge in [-0.1, -0.05) is 290 Å². The zero-order valence-electron chi connectivity index (χ0n) is 42.0. The van der Waals surface area contributed by atoms with Crippen LogP contribution in [0.4, 0.5) is 0 Å². The maximum Gasteiger partial charge on any atom is 3.00 e. The maximum atomic E-state index is 10.3. The van der Waals surface area contributed by atoms with Crippen molar-refractivity contribution in [2.24, 2.45) is 0 Å². The maximum absolute atomic E-state index is 10.3. The Morgan fingerprint density at radius 2 is 0.403 bits per heavy atom. The molecule has 0 atom stereocenters. The summed E-state index contributed by atoms with van der Waals surface area (Å²) in [6.07, 6.45) is 59.9. The fourth-order valence-electron chi connectivity index (χ4n) is 7.93. The molecule has 0 saturated carbocycles. The molecule has 0 fully saturated rings. The number of carboxylic acids is 3. The second kappa shape index (κ2) is 66.5. The van der Waals surface area contributed by atoms with Crippen LogP contribution >= 0.6 is 0 Å². The third-order valence-corrected chi connectivity index (χ3v) is 12.0. The van der Waals surface area contributed by atoms with E-state index < -0.39 is 17.9 Å². The van der Waals surface area contributed by atoms with Gasteiger partial charge in [0.15, 0.2) is 0 Å². The summed E-state index contributed by atoms with van der Waals surface area (Å²) < 4.78 is 0. The molecule has 0 rings (SSSR count). The molecule has 0 bridgehead atoms. The topological polar surface area (TPSA) is 148 Å². The van der Waals surface area contributed by atoms with Crippen LogP contribution < -0.4 is 10.2 Å². The summed E-state index contributed by atoms with van der Waals surface area (Å²) >= 11 is 0. The number of unbranched alkanes of at least 4 members (excludes halogenated alkanes) is 42. The number of rotatable bonds is 48. The van der Waals surface area contributed by atoms with Crippen LogP contribution in [0.25, 0.3) is 0 Å². The van der Waals surface area contributed by atoms with Crippen molar-refractivity contribution in [3.8, 4) is 0 Å². The molecule has 0 aromatic carbocycles. The molecule has 8 heteroatoms. The number of carbonyl (C=O) groups excluding carboxylic acids is 2. The van der Waals surface area contributed by atoms with E-state index in [9.17, 15) is 24.6 Å². The van der Waals surface area contributed by atoms with Crippen molar-refractivity contribution < 1.29 is 35.2 Å². The standard InChI is InChI=1S/3C18H36O2.Al.H2O/c3*1-2-3-4-5-6-7-8-9-10-11-12-13-14-15-16-17-18(19)20;;/h3*2-17H2,1H3,(H,19,20);;1H2/q;;;+3;/p-3. The Labute approximate surface area is 397 Å². The molecule has 0 aliphatic heterocycles. The van der Waals surface area contributed by atoms with E-state index in [2.05, 4.69) is 20.8 Å². The van der Waals surface area contributed by atoms with Gasteiger partial charge < -0.3 is 30.4 Å². The van der Waals surface area contributed by atoms with Gasteiger partial charge in [0.25, 0.3) is 0 Å². The van der Waals surface area contributed by atoms with Gasteiger partial charge in [-0.2, -0.15) is 0 Å². The molecule has 0 spiro atoms. The summed E-state index contributed by atoms with van der Waals surface area (Å²) in [5.74, 6) is -2.46. The molecule has 0 amide bonds.